The molecule has 1 saturated heterocycles. The number of hydrogen-bond acceptors (Lipinski definition) is 6. The maximum atomic E-state index is 12.3. The molecule has 8 heteroatoms. The van der Waals surface area contributed by atoms with Gasteiger partial charge >= 0.3 is 0 Å². The number of nitrogens with one attached hydrogen (secondary N) is 1. The van der Waals surface area contributed by atoms with Crippen molar-refractivity contribution in [2.75, 3.05) is 26.4 Å². The van der Waals surface area contributed by atoms with Crippen LogP contribution in [0.4, 0.5) is 0 Å². The first-order chi connectivity index (χ1) is 9.45. The van der Waals surface area contributed by atoms with E-state index in [-0.39, 0.29) is 35.5 Å². The molecule has 0 spiro atoms. The summed E-state index contributed by atoms with van der Waals surface area (Å²) in [6.45, 7) is 4.25. The van der Waals surface area contributed by atoms with E-state index in [1.54, 1.807) is 13.8 Å². The lowest BCUT2D eigenvalue weighted by Gasteiger charge is -2.23. The molecule has 2 N–H and O–H groups in total. The highest BCUT2D eigenvalue weighted by molar-refractivity contribution is 7.89. The fraction of sp³-hybridized carbons (Fsp3) is 0.667. The first-order valence-electron chi connectivity index (χ1n) is 6.34. The van der Waals surface area contributed by atoms with Gasteiger partial charge in [-0.3, -0.25) is 0 Å². The van der Waals surface area contributed by atoms with Crippen LogP contribution in [0, 0.1) is 13.8 Å². The SMILES string of the molecule is Cc1oc(C)c(S(=O)(=O)NCC2COCCO2)c1CO. The molecule has 0 aromatic carbocycles. The molecule has 1 aromatic rings. The Balaban J connectivity index is 2.13. The van der Waals surface area contributed by atoms with Crippen LogP contribution in [0.3, 0.4) is 0 Å². The summed E-state index contributed by atoms with van der Waals surface area (Å²) >= 11 is 0. The summed E-state index contributed by atoms with van der Waals surface area (Å²) in [7, 11) is -3.75. The zero-order valence-electron chi connectivity index (χ0n) is 11.5. The van der Waals surface area contributed by atoms with Crippen LogP contribution < -0.4 is 4.72 Å². The number of furan rings is 1. The minimum atomic E-state index is -3.75. The number of sulfonamides is 1. The molecule has 2 rings (SSSR count). The van der Waals surface area contributed by atoms with Crippen LogP contribution in [-0.2, 0) is 26.1 Å². The van der Waals surface area contributed by atoms with Gasteiger partial charge in [-0.25, -0.2) is 13.1 Å². The highest BCUT2D eigenvalue weighted by Crippen LogP contribution is 2.26. The third-order valence-corrected chi connectivity index (χ3v) is 4.76. The molecule has 1 unspecified atom stereocenters. The molecule has 1 aliphatic rings. The Labute approximate surface area is 117 Å². The van der Waals surface area contributed by atoms with Crippen LogP contribution in [0.2, 0.25) is 0 Å². The predicted molar refractivity (Wildman–Crippen MR) is 69.9 cm³/mol. The number of aliphatic hydroxyl groups is 1. The molecule has 0 saturated carbocycles. The zero-order chi connectivity index (χ0) is 14.8. The van der Waals surface area contributed by atoms with Crippen molar-refractivity contribution < 1.29 is 27.4 Å². The maximum Gasteiger partial charge on any atom is 0.244 e. The Morgan fingerprint density at radius 3 is 2.65 bits per heavy atom. The average Bonchev–Trinajstić information content (AvgIpc) is 2.72. The summed E-state index contributed by atoms with van der Waals surface area (Å²) in [6.07, 6.45) is -0.301. The van der Waals surface area contributed by atoms with Crippen molar-refractivity contribution in [3.8, 4) is 0 Å². The van der Waals surface area contributed by atoms with Crippen molar-refractivity contribution in [1.82, 2.24) is 4.72 Å². The molecule has 20 heavy (non-hydrogen) atoms. The van der Waals surface area contributed by atoms with E-state index in [1.807, 2.05) is 0 Å². The van der Waals surface area contributed by atoms with Gasteiger partial charge in [0, 0.05) is 12.1 Å². The Bertz CT molecular complexity index is 559. The Kier molecular flexibility index (Phi) is 4.82. The summed E-state index contributed by atoms with van der Waals surface area (Å²) in [5.74, 6) is 0.669. The first kappa shape index (κ1) is 15.5. The second-order valence-corrected chi connectivity index (χ2v) is 6.30. The van der Waals surface area contributed by atoms with Crippen LogP contribution in [0.15, 0.2) is 9.31 Å². The van der Waals surface area contributed by atoms with Gasteiger partial charge in [0.2, 0.25) is 10.0 Å². The highest BCUT2D eigenvalue weighted by atomic mass is 32.2. The normalized spacial score (nSPS) is 20.2. The smallest absolute Gasteiger partial charge is 0.244 e. The predicted octanol–water partition coefficient (Wildman–Crippen LogP) is 0.0824. The van der Waals surface area contributed by atoms with E-state index in [2.05, 4.69) is 4.72 Å². The molecular formula is C12H19NO6S. The molecule has 114 valence electrons. The van der Waals surface area contributed by atoms with E-state index in [9.17, 15) is 13.5 Å². The fourth-order valence-electron chi connectivity index (χ4n) is 2.17. The van der Waals surface area contributed by atoms with Crippen LogP contribution in [0.5, 0.6) is 0 Å². The average molecular weight is 305 g/mol. The van der Waals surface area contributed by atoms with Crippen molar-refractivity contribution in [3.63, 3.8) is 0 Å². The van der Waals surface area contributed by atoms with E-state index in [1.165, 1.54) is 0 Å². The van der Waals surface area contributed by atoms with Crippen molar-refractivity contribution in [2.24, 2.45) is 0 Å². The minimum Gasteiger partial charge on any atom is -0.465 e. The molecule has 7 nitrogen and oxygen atoms in total. The third-order valence-electron chi connectivity index (χ3n) is 3.14. The van der Waals surface area contributed by atoms with E-state index < -0.39 is 10.0 Å². The number of ether oxygens (including phenoxy) is 2. The lowest BCUT2D eigenvalue weighted by molar-refractivity contribution is -0.0847. The molecule has 1 fully saturated rings. The number of aryl methyl sites for hydroxylation is 2. The van der Waals surface area contributed by atoms with Crippen molar-refractivity contribution in [3.05, 3.63) is 17.1 Å². The van der Waals surface area contributed by atoms with E-state index in [0.717, 1.165) is 0 Å². The summed E-state index contributed by atoms with van der Waals surface area (Å²) in [6, 6.07) is 0. The molecule has 0 radical (unpaired) electrons. The Hall–Kier alpha value is -0.930. The van der Waals surface area contributed by atoms with Gasteiger partial charge in [-0.15, -0.1) is 0 Å². The van der Waals surface area contributed by atoms with Crippen LogP contribution in [-0.4, -0.2) is 46.0 Å². The van der Waals surface area contributed by atoms with Crippen LogP contribution in [0.1, 0.15) is 17.1 Å². The van der Waals surface area contributed by atoms with Gasteiger partial charge in [-0.1, -0.05) is 0 Å². The quantitative estimate of drug-likeness (QED) is 0.799. The fourth-order valence-corrected chi connectivity index (χ4v) is 3.68. The summed E-state index contributed by atoms with van der Waals surface area (Å²) in [5.41, 5.74) is 0.288. The van der Waals surface area contributed by atoms with Gasteiger partial charge in [0.15, 0.2) is 0 Å². The van der Waals surface area contributed by atoms with E-state index in [0.29, 0.717) is 25.6 Å². The van der Waals surface area contributed by atoms with Gasteiger partial charge in [0.1, 0.15) is 16.4 Å². The van der Waals surface area contributed by atoms with Crippen molar-refractivity contribution in [1.29, 1.82) is 0 Å². The minimum absolute atomic E-state index is 0.00854. The van der Waals surface area contributed by atoms with Gasteiger partial charge in [0.05, 0.1) is 32.5 Å². The van der Waals surface area contributed by atoms with Gasteiger partial charge in [-0.2, -0.15) is 0 Å². The second-order valence-electron chi connectivity index (χ2n) is 4.60. The lowest BCUT2D eigenvalue weighted by atomic mass is 10.2. The van der Waals surface area contributed by atoms with Crippen molar-refractivity contribution in [2.45, 2.75) is 31.5 Å². The van der Waals surface area contributed by atoms with Gasteiger partial charge in [0.25, 0.3) is 0 Å². The summed E-state index contributed by atoms with van der Waals surface area (Å²) in [5, 5.41) is 9.30. The number of aliphatic hydroxyl groups excluding tert-OH is 1. The van der Waals surface area contributed by atoms with Gasteiger partial charge < -0.3 is 19.0 Å². The lowest BCUT2D eigenvalue weighted by Crippen LogP contribution is -2.39. The number of hydrogen-bond donors (Lipinski definition) is 2. The zero-order valence-corrected chi connectivity index (χ0v) is 12.3. The monoisotopic (exact) mass is 305 g/mol. The Morgan fingerprint density at radius 1 is 1.30 bits per heavy atom. The molecule has 0 amide bonds. The molecule has 2 heterocycles. The Morgan fingerprint density at radius 2 is 2.05 bits per heavy atom. The summed E-state index contributed by atoms with van der Waals surface area (Å²) < 4.78 is 43.0. The highest BCUT2D eigenvalue weighted by Gasteiger charge is 2.27. The van der Waals surface area contributed by atoms with E-state index in [4.69, 9.17) is 13.9 Å². The molecule has 1 aromatic heterocycles. The molecular weight excluding hydrogens is 286 g/mol. The molecule has 1 aliphatic heterocycles. The van der Waals surface area contributed by atoms with Crippen LogP contribution in [0.25, 0.3) is 0 Å². The number of rotatable bonds is 5. The largest absolute Gasteiger partial charge is 0.465 e. The molecule has 1 atom stereocenters. The second kappa shape index (κ2) is 6.23. The van der Waals surface area contributed by atoms with Gasteiger partial charge in [-0.05, 0) is 13.8 Å². The third kappa shape index (κ3) is 3.21. The standard InChI is InChI=1S/C12H19NO6S/c1-8-11(6-14)12(9(2)19-8)20(15,16)13-5-10-7-17-3-4-18-10/h10,13-14H,3-7H2,1-2H3. The first-order valence-corrected chi connectivity index (χ1v) is 7.82. The van der Waals surface area contributed by atoms with E-state index >= 15 is 0 Å². The van der Waals surface area contributed by atoms with Crippen LogP contribution >= 0.6 is 0 Å². The maximum absolute atomic E-state index is 12.3. The topological polar surface area (TPSA) is 98.0 Å². The molecule has 0 aliphatic carbocycles. The summed E-state index contributed by atoms with van der Waals surface area (Å²) in [4.78, 5) is 0.00854. The van der Waals surface area contributed by atoms with Crippen molar-refractivity contribution >= 4 is 10.0 Å². The molecule has 0 bridgehead atoms.